The van der Waals surface area contributed by atoms with Crippen molar-refractivity contribution >= 4 is 70.7 Å². The van der Waals surface area contributed by atoms with Gasteiger partial charge in [0, 0.05) is 99.4 Å². The van der Waals surface area contributed by atoms with E-state index in [1.54, 1.807) is 12.1 Å². The molecule has 536 valence electrons. The van der Waals surface area contributed by atoms with E-state index < -0.39 is 184 Å². The Morgan fingerprint density at radius 2 is 1.37 bits per heavy atom. The zero-order valence-corrected chi connectivity index (χ0v) is 56.0. The Kier molecular flexibility index (Phi) is 26.5. The van der Waals surface area contributed by atoms with Crippen LogP contribution < -0.4 is 41.0 Å². The maximum atomic E-state index is 15.0. The van der Waals surface area contributed by atoms with Crippen LogP contribution in [0.4, 0.5) is 5.69 Å². The molecule has 9 rings (SSSR count). The highest BCUT2D eigenvalue weighted by Gasteiger charge is 2.50. The van der Waals surface area contributed by atoms with Gasteiger partial charge >= 0.3 is 0 Å². The normalized spacial score (nSPS) is 27.6. The van der Waals surface area contributed by atoms with Crippen molar-refractivity contribution in [1.82, 2.24) is 56.8 Å². The molecule has 5 fully saturated rings. The summed E-state index contributed by atoms with van der Waals surface area (Å²) in [4.78, 5) is 109. The van der Waals surface area contributed by atoms with Crippen molar-refractivity contribution in [3.05, 3.63) is 77.9 Å². The molecule has 1 aromatic heterocycles. The molecule has 98 heavy (non-hydrogen) atoms. The lowest BCUT2D eigenvalue weighted by atomic mass is 9.86. The molecule has 0 spiro atoms. The summed E-state index contributed by atoms with van der Waals surface area (Å²) < 4.78 is 9.38. The van der Waals surface area contributed by atoms with Gasteiger partial charge in [0.2, 0.25) is 35.4 Å². The van der Waals surface area contributed by atoms with Gasteiger partial charge < -0.3 is 96.7 Å². The number of phenols is 1. The lowest BCUT2D eigenvalue weighted by Gasteiger charge is -2.42. The summed E-state index contributed by atoms with van der Waals surface area (Å²) in [6.07, 6.45) is -7.54. The topological polar surface area (TPSA) is 460 Å². The number of aliphatic hydroxyl groups is 8. The van der Waals surface area contributed by atoms with Crippen LogP contribution in [-0.4, -0.2) is 268 Å². The molecule has 16 N–H and O–H groups in total. The number of aromatic nitrogens is 2. The molecule has 4 saturated heterocycles. The van der Waals surface area contributed by atoms with Crippen LogP contribution >= 0.6 is 23.7 Å². The first-order valence-corrected chi connectivity index (χ1v) is 34.2. The third kappa shape index (κ3) is 18.8. The second kappa shape index (κ2) is 34.7. The predicted molar refractivity (Wildman–Crippen MR) is 353 cm³/mol. The molecule has 5 aliphatic rings. The van der Waals surface area contributed by atoms with Gasteiger partial charge in [-0.25, -0.2) is 5.26 Å². The number of aliphatic hydroxyl groups excluding tert-OH is 8. The molecule has 4 aliphatic heterocycles. The number of carbonyl (C=O) groups excluding carboxylic acids is 7. The molecular weight excluding hydrogens is 1320 g/mol. The van der Waals surface area contributed by atoms with Crippen LogP contribution in [0.1, 0.15) is 81.6 Å². The van der Waals surface area contributed by atoms with Gasteiger partial charge in [-0.05, 0) is 106 Å². The van der Waals surface area contributed by atoms with E-state index in [1.165, 1.54) is 68.2 Å². The van der Waals surface area contributed by atoms with Crippen molar-refractivity contribution in [1.29, 1.82) is 0 Å². The summed E-state index contributed by atoms with van der Waals surface area (Å²) >= 11 is 1.41. The van der Waals surface area contributed by atoms with Crippen molar-refractivity contribution in [2.75, 3.05) is 70.5 Å². The first kappa shape index (κ1) is 75.0. The number of β-amino-alcohol motifs (C(OH)–C–C–N with tert-alkyl or cyclic N) is 1. The molecule has 3 aromatic carbocycles. The Morgan fingerprint density at radius 3 is 2.01 bits per heavy atom. The number of benzene rings is 3. The average Bonchev–Trinajstić information content (AvgIpc) is 1.62. The fraction of sp³-hybridized carbons (Fsp3) is 0.578. The first-order valence-electron chi connectivity index (χ1n) is 32.8. The van der Waals surface area contributed by atoms with Gasteiger partial charge in [-0.3, -0.25) is 38.5 Å². The lowest BCUT2D eigenvalue weighted by Crippen LogP contribution is -2.64. The Balaban J connectivity index is 0.965. The monoisotopic (exact) mass is 1410 g/mol. The first-order chi connectivity index (χ1) is 46.9. The van der Waals surface area contributed by atoms with Gasteiger partial charge in [-0.15, -0.1) is 10.2 Å². The van der Waals surface area contributed by atoms with Crippen LogP contribution in [0, 0.1) is 11.8 Å². The minimum Gasteiger partial charge on any atom is -0.504 e. The molecule has 7 amide bonds. The molecule has 1 aliphatic carbocycles. The molecular formula is C64H88N12O20S2. The third-order valence-corrected chi connectivity index (χ3v) is 20.2. The molecule has 0 bridgehead atoms. The van der Waals surface area contributed by atoms with Crippen LogP contribution in [-0.2, 0) is 44.6 Å². The van der Waals surface area contributed by atoms with Crippen molar-refractivity contribution in [3.63, 3.8) is 0 Å². The number of amides is 7. The SMILES string of the molecule is CC1CCC(N2CCN(c3ccc(-c4nnc(-c5ccc(C(=O)N[C@H]6C[C@@H](O)CNC(=O)[C@@H]7[C@@H](O)[C@@H](C)CN7C(=O)[C@H]([C@H](O)CCNC(CO)CO)NC(=O)[C@H]([C@H](O)Cc7ccc(O)c(OSOOO)c7)NC(=O)[C@@H]7C[C@@H](O)CN7C(=O)[C@H]([C@@H](C)O)NC6=O)cc5)s4)cc3)CC2)CC1. The van der Waals surface area contributed by atoms with E-state index in [2.05, 4.69) is 80.3 Å². The maximum Gasteiger partial charge on any atom is 0.261 e. The smallest absolute Gasteiger partial charge is 0.261 e. The molecule has 32 nitrogen and oxygen atoms in total. The number of nitrogens with zero attached hydrogens (tertiary/aromatic N) is 6. The quantitative estimate of drug-likeness (QED) is 0.0184. The fourth-order valence-electron chi connectivity index (χ4n) is 13.1. The second-order valence-electron chi connectivity index (χ2n) is 25.9. The van der Waals surface area contributed by atoms with Crippen molar-refractivity contribution < 1.29 is 98.3 Å². The minimum atomic E-state index is -2.16. The van der Waals surface area contributed by atoms with E-state index in [1.807, 2.05) is 12.1 Å². The second-order valence-corrected chi connectivity index (χ2v) is 27.3. The summed E-state index contributed by atoms with van der Waals surface area (Å²) in [7, 11) is 0. The number of carbonyl (C=O) groups is 7. The Hall–Kier alpha value is -7.26. The van der Waals surface area contributed by atoms with Gasteiger partial charge in [-0.1, -0.05) is 52.8 Å². The standard InChI is InChI=1S/C64H88N12O20S2/c1-33-4-13-41(14-5-33)73-20-22-74(23-21-73)42-15-11-39(12-16-42)62-72-71-61(97-62)38-9-7-37(8-10-38)56(86)67-45-26-43(80)28-66-60(90)54-55(85)34(2)29-76(54)64(92)53(48(83)18-19-65-40(31-77)32-78)70-59(89)52(49(84)24-36-6-17-47(82)50(25-36)94-98-96-95-93)69-58(88)46-27-44(81)30-75(46)63(91)51(35(3)79)68-57(45)87/h6-12,15-17,25,33-35,40-41,43-46,48-49,51-55,65,77-85,93H,4-5,13-14,18-24,26-32H2,1-3H3,(H,66,90)(H,67,86)(H,68,87)(H,69,88)(H,70,89)/t33?,34-,35+,41?,43+,44+,45-,46-,48+,49+,51-,52-,53-,54-,55-/m0/s1. The Bertz CT molecular complexity index is 3360. The van der Waals surface area contributed by atoms with E-state index in [9.17, 15) is 79.5 Å². The molecule has 13 atom stereocenters. The molecule has 5 heterocycles. The summed E-state index contributed by atoms with van der Waals surface area (Å²) in [5.74, 6) is -8.77. The number of hydrogen-bond acceptors (Lipinski definition) is 27. The van der Waals surface area contributed by atoms with Gasteiger partial charge in [0.15, 0.2) is 11.5 Å². The number of anilines is 1. The number of fused-ring (bicyclic) bond motifs is 2. The van der Waals surface area contributed by atoms with Crippen LogP contribution in [0.2, 0.25) is 0 Å². The lowest BCUT2D eigenvalue weighted by molar-refractivity contribution is -0.433. The number of hydrogen-bond donors (Lipinski definition) is 16. The van der Waals surface area contributed by atoms with Gasteiger partial charge in [0.1, 0.15) is 46.3 Å². The van der Waals surface area contributed by atoms with E-state index in [0.29, 0.717) is 21.6 Å². The van der Waals surface area contributed by atoms with Gasteiger partial charge in [-0.2, -0.15) is 0 Å². The van der Waals surface area contributed by atoms with Crippen molar-refractivity contribution in [3.8, 4) is 32.6 Å². The number of aromatic hydroxyl groups is 1. The number of piperazine rings is 1. The van der Waals surface area contributed by atoms with Crippen LogP contribution in [0.25, 0.3) is 21.1 Å². The van der Waals surface area contributed by atoms with Gasteiger partial charge in [0.05, 0.1) is 55.9 Å². The van der Waals surface area contributed by atoms with Gasteiger partial charge in [0.25, 0.3) is 18.2 Å². The van der Waals surface area contributed by atoms with Crippen LogP contribution in [0.3, 0.4) is 0 Å². The molecule has 0 radical (unpaired) electrons. The molecule has 1 saturated carbocycles. The number of nitrogens with one attached hydrogen (secondary N) is 6. The van der Waals surface area contributed by atoms with E-state index in [4.69, 9.17) is 9.44 Å². The predicted octanol–water partition coefficient (Wildman–Crippen LogP) is -2.08. The number of phenolic OH excluding ortho intramolecular Hbond substituents is 1. The highest BCUT2D eigenvalue weighted by molar-refractivity contribution is 7.90. The number of rotatable bonds is 21. The van der Waals surface area contributed by atoms with E-state index in [-0.39, 0.29) is 42.3 Å². The zero-order valence-electron chi connectivity index (χ0n) is 54.4. The summed E-state index contributed by atoms with van der Waals surface area (Å²) in [6.45, 7) is 5.98. The highest BCUT2D eigenvalue weighted by atomic mass is 32.2. The van der Waals surface area contributed by atoms with E-state index >= 15 is 0 Å². The fourth-order valence-corrected chi connectivity index (χ4v) is 14.2. The van der Waals surface area contributed by atoms with Crippen LogP contribution in [0.5, 0.6) is 11.5 Å². The van der Waals surface area contributed by atoms with Crippen LogP contribution in [0.15, 0.2) is 66.7 Å². The summed E-state index contributed by atoms with van der Waals surface area (Å²) in [5.41, 5.74) is 2.73. The molecule has 0 unspecified atom stereocenters. The largest absolute Gasteiger partial charge is 0.504 e. The summed E-state index contributed by atoms with van der Waals surface area (Å²) in [5, 5.41) is 136. The Morgan fingerprint density at radius 1 is 0.735 bits per heavy atom. The molecule has 4 aromatic rings. The highest BCUT2D eigenvalue weighted by Crippen LogP contribution is 2.35. The van der Waals surface area contributed by atoms with Crippen molar-refractivity contribution in [2.24, 2.45) is 11.8 Å². The average molecular weight is 1410 g/mol. The van der Waals surface area contributed by atoms with Crippen molar-refractivity contribution in [2.45, 2.75) is 157 Å². The van der Waals surface area contributed by atoms with E-state index in [0.717, 1.165) is 66.1 Å². The molecule has 34 heteroatoms. The zero-order chi connectivity index (χ0) is 70.5. The minimum absolute atomic E-state index is 0.0229. The third-order valence-electron chi connectivity index (χ3n) is 18.8. The Labute approximate surface area is 573 Å². The maximum absolute atomic E-state index is 15.0. The summed E-state index contributed by atoms with van der Waals surface area (Å²) in [6, 6.07) is 6.31.